The fourth-order valence-corrected chi connectivity index (χ4v) is 2.58. The maximum absolute atomic E-state index is 4.21. The van der Waals surface area contributed by atoms with Crippen molar-refractivity contribution in [2.75, 3.05) is 0 Å². The summed E-state index contributed by atoms with van der Waals surface area (Å²) in [5, 5.41) is 4.21. The van der Waals surface area contributed by atoms with Crippen molar-refractivity contribution >= 4 is 0 Å². The molecule has 1 aromatic heterocycles. The second-order valence-corrected chi connectivity index (χ2v) is 4.72. The third-order valence-corrected chi connectivity index (χ3v) is 3.71. The van der Waals surface area contributed by atoms with Gasteiger partial charge >= 0.3 is 0 Å². The van der Waals surface area contributed by atoms with Crippen molar-refractivity contribution in [2.45, 2.75) is 25.3 Å². The third-order valence-electron chi connectivity index (χ3n) is 3.71. The molecule has 2 aromatic rings. The standard InChI is InChI=1S/C13H15N3/c1-11-7-13(11,8-16-10-14-9-15-16)12-5-3-2-4-6-12/h2-6,9-11H,7-8H2,1H3/t11-,13+/m1/s1. The van der Waals surface area contributed by atoms with Crippen molar-refractivity contribution in [3.8, 4) is 0 Å². The van der Waals surface area contributed by atoms with Gasteiger partial charge in [-0.3, -0.25) is 4.68 Å². The molecular formula is C13H15N3. The first-order chi connectivity index (χ1) is 7.81. The lowest BCUT2D eigenvalue weighted by Gasteiger charge is -2.16. The van der Waals surface area contributed by atoms with Crippen LogP contribution in [-0.4, -0.2) is 14.8 Å². The van der Waals surface area contributed by atoms with E-state index in [4.69, 9.17) is 0 Å². The molecule has 3 rings (SSSR count). The van der Waals surface area contributed by atoms with Gasteiger partial charge in [-0.1, -0.05) is 37.3 Å². The van der Waals surface area contributed by atoms with Gasteiger partial charge in [-0.05, 0) is 17.9 Å². The molecular weight excluding hydrogens is 198 g/mol. The average molecular weight is 213 g/mol. The average Bonchev–Trinajstić information content (AvgIpc) is 2.76. The Hall–Kier alpha value is -1.64. The quantitative estimate of drug-likeness (QED) is 0.783. The smallest absolute Gasteiger partial charge is 0.137 e. The van der Waals surface area contributed by atoms with Crippen molar-refractivity contribution in [3.63, 3.8) is 0 Å². The van der Waals surface area contributed by atoms with Crippen LogP contribution < -0.4 is 0 Å². The van der Waals surface area contributed by atoms with Crippen LogP contribution in [0.5, 0.6) is 0 Å². The van der Waals surface area contributed by atoms with Gasteiger partial charge in [0.1, 0.15) is 12.7 Å². The molecule has 16 heavy (non-hydrogen) atoms. The van der Waals surface area contributed by atoms with Crippen molar-refractivity contribution in [3.05, 3.63) is 48.5 Å². The molecule has 0 saturated heterocycles. The van der Waals surface area contributed by atoms with E-state index in [0.29, 0.717) is 0 Å². The van der Waals surface area contributed by atoms with Gasteiger partial charge in [-0.25, -0.2) is 4.98 Å². The van der Waals surface area contributed by atoms with E-state index < -0.39 is 0 Å². The van der Waals surface area contributed by atoms with Gasteiger partial charge in [0.05, 0.1) is 6.54 Å². The first kappa shape index (κ1) is 9.58. The Balaban J connectivity index is 1.91. The lowest BCUT2D eigenvalue weighted by atomic mass is 9.93. The topological polar surface area (TPSA) is 30.7 Å². The summed E-state index contributed by atoms with van der Waals surface area (Å²) in [5.74, 6) is 0.735. The van der Waals surface area contributed by atoms with Crippen LogP contribution in [0.1, 0.15) is 18.9 Å². The largest absolute Gasteiger partial charge is 0.252 e. The van der Waals surface area contributed by atoms with Crippen LogP contribution in [0.3, 0.4) is 0 Å². The second-order valence-electron chi connectivity index (χ2n) is 4.72. The Kier molecular flexibility index (Phi) is 2.06. The lowest BCUT2D eigenvalue weighted by Crippen LogP contribution is -2.18. The first-order valence-corrected chi connectivity index (χ1v) is 5.69. The predicted octanol–water partition coefficient (Wildman–Crippen LogP) is 2.26. The van der Waals surface area contributed by atoms with Crippen LogP contribution in [-0.2, 0) is 12.0 Å². The highest BCUT2D eigenvalue weighted by Crippen LogP contribution is 2.54. The zero-order valence-electron chi connectivity index (χ0n) is 9.37. The third kappa shape index (κ3) is 1.43. The Morgan fingerprint density at radius 2 is 2.12 bits per heavy atom. The second kappa shape index (κ2) is 3.44. The summed E-state index contributed by atoms with van der Waals surface area (Å²) < 4.78 is 1.94. The molecule has 0 N–H and O–H groups in total. The van der Waals surface area contributed by atoms with E-state index in [-0.39, 0.29) is 5.41 Å². The SMILES string of the molecule is C[C@@H]1C[C@@]1(Cn1cncn1)c1ccccc1. The zero-order valence-corrected chi connectivity index (χ0v) is 9.37. The van der Waals surface area contributed by atoms with E-state index in [9.17, 15) is 0 Å². The number of hydrogen-bond acceptors (Lipinski definition) is 2. The Morgan fingerprint density at radius 1 is 1.38 bits per heavy atom. The summed E-state index contributed by atoms with van der Waals surface area (Å²) in [6, 6.07) is 10.7. The summed E-state index contributed by atoms with van der Waals surface area (Å²) in [4.78, 5) is 4.00. The van der Waals surface area contributed by atoms with E-state index in [2.05, 4.69) is 47.3 Å². The number of rotatable bonds is 3. The molecule has 1 saturated carbocycles. The lowest BCUT2D eigenvalue weighted by molar-refractivity contribution is 0.475. The minimum Gasteiger partial charge on any atom is -0.252 e. The fraction of sp³-hybridized carbons (Fsp3) is 0.385. The predicted molar refractivity (Wildman–Crippen MR) is 61.9 cm³/mol. The minimum atomic E-state index is 0.287. The maximum Gasteiger partial charge on any atom is 0.137 e. The highest BCUT2D eigenvalue weighted by atomic mass is 15.3. The molecule has 2 atom stereocenters. The normalized spacial score (nSPS) is 27.9. The maximum atomic E-state index is 4.21. The summed E-state index contributed by atoms with van der Waals surface area (Å²) >= 11 is 0. The van der Waals surface area contributed by atoms with Crippen LogP contribution in [0.4, 0.5) is 0 Å². The molecule has 0 spiro atoms. The van der Waals surface area contributed by atoms with Crippen LogP contribution in [0, 0.1) is 5.92 Å². The van der Waals surface area contributed by atoms with E-state index in [0.717, 1.165) is 12.5 Å². The van der Waals surface area contributed by atoms with E-state index >= 15 is 0 Å². The molecule has 0 unspecified atom stereocenters. The fourth-order valence-electron chi connectivity index (χ4n) is 2.58. The van der Waals surface area contributed by atoms with Crippen LogP contribution >= 0.6 is 0 Å². The van der Waals surface area contributed by atoms with E-state index in [1.165, 1.54) is 12.0 Å². The van der Waals surface area contributed by atoms with E-state index in [1.807, 2.05) is 4.68 Å². The molecule has 1 heterocycles. The van der Waals surface area contributed by atoms with Gasteiger partial charge in [0.2, 0.25) is 0 Å². The molecule has 1 aliphatic rings. The molecule has 0 radical (unpaired) electrons. The van der Waals surface area contributed by atoms with Gasteiger partial charge in [-0.2, -0.15) is 5.10 Å². The summed E-state index contributed by atoms with van der Waals surface area (Å²) in [6.07, 6.45) is 4.65. The monoisotopic (exact) mass is 213 g/mol. The summed E-state index contributed by atoms with van der Waals surface area (Å²) in [7, 11) is 0. The number of benzene rings is 1. The molecule has 1 aromatic carbocycles. The van der Waals surface area contributed by atoms with Gasteiger partial charge in [0, 0.05) is 5.41 Å². The summed E-state index contributed by atoms with van der Waals surface area (Å²) in [6.45, 7) is 3.25. The van der Waals surface area contributed by atoms with Crippen LogP contribution in [0.2, 0.25) is 0 Å². The van der Waals surface area contributed by atoms with Crippen LogP contribution in [0.15, 0.2) is 43.0 Å². The van der Waals surface area contributed by atoms with Crippen molar-refractivity contribution in [2.24, 2.45) is 5.92 Å². The Bertz CT molecular complexity index is 463. The molecule has 1 aliphatic carbocycles. The zero-order chi connectivity index (χ0) is 11.0. The molecule has 1 fully saturated rings. The highest BCUT2D eigenvalue weighted by Gasteiger charge is 2.52. The van der Waals surface area contributed by atoms with Gasteiger partial charge < -0.3 is 0 Å². The number of nitrogens with zero attached hydrogens (tertiary/aromatic N) is 3. The van der Waals surface area contributed by atoms with Gasteiger partial charge in [0.15, 0.2) is 0 Å². The summed E-state index contributed by atoms with van der Waals surface area (Å²) in [5.41, 5.74) is 1.72. The molecule has 3 nitrogen and oxygen atoms in total. The van der Waals surface area contributed by atoms with Gasteiger partial charge in [-0.15, -0.1) is 0 Å². The van der Waals surface area contributed by atoms with Gasteiger partial charge in [0.25, 0.3) is 0 Å². The number of aromatic nitrogens is 3. The van der Waals surface area contributed by atoms with Crippen LogP contribution in [0.25, 0.3) is 0 Å². The van der Waals surface area contributed by atoms with Crippen molar-refractivity contribution in [1.29, 1.82) is 0 Å². The molecule has 0 aliphatic heterocycles. The Morgan fingerprint density at radius 3 is 2.69 bits per heavy atom. The van der Waals surface area contributed by atoms with Crippen molar-refractivity contribution in [1.82, 2.24) is 14.8 Å². The Labute approximate surface area is 95.1 Å². The number of hydrogen-bond donors (Lipinski definition) is 0. The molecule has 0 amide bonds. The molecule has 3 heteroatoms. The molecule has 0 bridgehead atoms. The van der Waals surface area contributed by atoms with E-state index in [1.54, 1.807) is 12.7 Å². The molecule has 82 valence electrons. The first-order valence-electron chi connectivity index (χ1n) is 5.69. The highest BCUT2D eigenvalue weighted by molar-refractivity contribution is 5.32. The van der Waals surface area contributed by atoms with Crippen molar-refractivity contribution < 1.29 is 0 Å². The minimum absolute atomic E-state index is 0.287.